The highest BCUT2D eigenvalue weighted by Gasteiger charge is 2.49. The fourth-order valence-corrected chi connectivity index (χ4v) is 4.44. The van der Waals surface area contributed by atoms with Gasteiger partial charge in [0.25, 0.3) is 0 Å². The van der Waals surface area contributed by atoms with Crippen LogP contribution in [0.1, 0.15) is 31.8 Å². The molecule has 0 N–H and O–H groups in total. The van der Waals surface area contributed by atoms with E-state index in [1.54, 1.807) is 24.3 Å². The quantitative estimate of drug-likeness (QED) is 0.445. The monoisotopic (exact) mass is 396 g/mol. The van der Waals surface area contributed by atoms with Crippen LogP contribution in [0, 0.1) is 5.41 Å². The molecule has 0 amide bonds. The van der Waals surface area contributed by atoms with E-state index in [1.165, 1.54) is 7.11 Å². The first-order chi connectivity index (χ1) is 14.6. The van der Waals surface area contributed by atoms with E-state index in [-0.39, 0.29) is 11.6 Å². The molecule has 0 aromatic heterocycles. The molecule has 0 spiro atoms. The van der Waals surface area contributed by atoms with Crippen molar-refractivity contribution >= 4 is 11.6 Å². The maximum absolute atomic E-state index is 14.1. The molecule has 3 aromatic rings. The highest BCUT2D eigenvalue weighted by molar-refractivity contribution is 6.17. The summed E-state index contributed by atoms with van der Waals surface area (Å²) in [7, 11) is 1.50. The summed E-state index contributed by atoms with van der Waals surface area (Å²) in [6.07, 6.45) is 0.0223. The van der Waals surface area contributed by atoms with Crippen LogP contribution in [0.5, 0.6) is 0 Å². The number of methoxy groups -OCH3 is 1. The Balaban J connectivity index is 1.95. The predicted octanol–water partition coefficient (Wildman–Crippen LogP) is 5.11. The summed E-state index contributed by atoms with van der Waals surface area (Å²) in [5.74, 6) is -0.293. The fourth-order valence-electron chi connectivity index (χ4n) is 4.44. The first-order valence-electron chi connectivity index (χ1n) is 10.0. The molecule has 0 aliphatic heterocycles. The molecule has 1 aliphatic rings. The number of carbonyl (C=O) groups excluding carboxylic acids is 2. The van der Waals surface area contributed by atoms with E-state index in [0.717, 1.165) is 11.1 Å². The van der Waals surface area contributed by atoms with Gasteiger partial charge in [0.1, 0.15) is 6.10 Å². The van der Waals surface area contributed by atoms with Crippen LogP contribution < -0.4 is 0 Å². The molecule has 0 heterocycles. The van der Waals surface area contributed by atoms with Crippen LogP contribution in [0.2, 0.25) is 0 Å². The van der Waals surface area contributed by atoms with Gasteiger partial charge in [-0.05, 0) is 29.5 Å². The molecule has 0 radical (unpaired) electrons. The summed E-state index contributed by atoms with van der Waals surface area (Å²) in [6, 6.07) is 26.8. The standard InChI is InChI=1S/C27H24O3/c1-19-25(30-2)24(28)22-15-9-10-16-23(22)26(29)27(19,17-20-11-5-3-6-12-20)18-21-13-7-4-8-14-21/h3-16,25H,1,17-18H2,2H3. The van der Waals surface area contributed by atoms with Gasteiger partial charge in [0.05, 0.1) is 5.41 Å². The van der Waals surface area contributed by atoms with Gasteiger partial charge in [-0.15, -0.1) is 0 Å². The first-order valence-corrected chi connectivity index (χ1v) is 10.0. The third kappa shape index (κ3) is 3.42. The van der Waals surface area contributed by atoms with E-state index in [1.807, 2.05) is 60.7 Å². The van der Waals surface area contributed by atoms with Crippen molar-refractivity contribution in [2.24, 2.45) is 5.41 Å². The second-order valence-corrected chi connectivity index (χ2v) is 7.79. The first kappa shape index (κ1) is 20.0. The molecular weight excluding hydrogens is 372 g/mol. The number of hydrogen-bond donors (Lipinski definition) is 0. The molecule has 1 atom stereocenters. The van der Waals surface area contributed by atoms with Crippen molar-refractivity contribution in [3.63, 3.8) is 0 Å². The molecule has 150 valence electrons. The number of fused-ring (bicyclic) bond motifs is 1. The molecule has 3 nitrogen and oxygen atoms in total. The van der Waals surface area contributed by atoms with Gasteiger partial charge in [0.2, 0.25) is 0 Å². The SMILES string of the molecule is C=C1C(OC)C(=O)c2ccccc2C(=O)C1(Cc1ccccc1)Cc1ccccc1. The lowest BCUT2D eigenvalue weighted by Crippen LogP contribution is -2.41. The van der Waals surface area contributed by atoms with E-state index < -0.39 is 11.5 Å². The molecule has 3 aromatic carbocycles. The Morgan fingerprint density at radius 3 is 1.73 bits per heavy atom. The maximum Gasteiger partial charge on any atom is 0.196 e. The fraction of sp³-hybridized carbons (Fsp3) is 0.185. The lowest BCUT2D eigenvalue weighted by molar-refractivity contribution is 0.0622. The zero-order valence-electron chi connectivity index (χ0n) is 17.0. The topological polar surface area (TPSA) is 43.4 Å². The van der Waals surface area contributed by atoms with Crippen molar-refractivity contribution < 1.29 is 14.3 Å². The third-order valence-corrected chi connectivity index (χ3v) is 5.97. The zero-order chi connectivity index (χ0) is 21.1. The van der Waals surface area contributed by atoms with Gasteiger partial charge < -0.3 is 4.74 Å². The Labute approximate surface area is 177 Å². The number of carbonyl (C=O) groups is 2. The Kier molecular flexibility index (Phi) is 5.47. The number of hydrogen-bond acceptors (Lipinski definition) is 3. The van der Waals surface area contributed by atoms with Crippen LogP contribution in [-0.4, -0.2) is 24.8 Å². The van der Waals surface area contributed by atoms with E-state index >= 15 is 0 Å². The second-order valence-electron chi connectivity index (χ2n) is 7.79. The Morgan fingerprint density at radius 1 is 0.767 bits per heavy atom. The Bertz CT molecular complexity index is 1040. The van der Waals surface area contributed by atoms with Crippen molar-refractivity contribution in [1.82, 2.24) is 0 Å². The van der Waals surface area contributed by atoms with Crippen LogP contribution in [0.15, 0.2) is 97.1 Å². The predicted molar refractivity (Wildman–Crippen MR) is 118 cm³/mol. The van der Waals surface area contributed by atoms with Gasteiger partial charge in [0, 0.05) is 18.2 Å². The zero-order valence-corrected chi connectivity index (χ0v) is 17.0. The summed E-state index contributed by atoms with van der Waals surface area (Å²) in [5.41, 5.74) is 2.40. The van der Waals surface area contributed by atoms with E-state index in [2.05, 4.69) is 6.58 Å². The van der Waals surface area contributed by atoms with Crippen molar-refractivity contribution in [3.8, 4) is 0 Å². The van der Waals surface area contributed by atoms with E-state index in [4.69, 9.17) is 4.74 Å². The smallest absolute Gasteiger partial charge is 0.196 e. The summed E-state index contributed by atoms with van der Waals surface area (Å²) in [4.78, 5) is 27.4. The van der Waals surface area contributed by atoms with Crippen LogP contribution in [0.25, 0.3) is 0 Å². The second kappa shape index (κ2) is 8.21. The number of ketones is 2. The summed E-state index contributed by atoms with van der Waals surface area (Å²) < 4.78 is 5.63. The van der Waals surface area contributed by atoms with Crippen LogP contribution in [-0.2, 0) is 17.6 Å². The van der Waals surface area contributed by atoms with Gasteiger partial charge >= 0.3 is 0 Å². The van der Waals surface area contributed by atoms with Gasteiger partial charge in [0.15, 0.2) is 11.6 Å². The van der Waals surface area contributed by atoms with Crippen molar-refractivity contribution in [2.45, 2.75) is 18.9 Å². The van der Waals surface area contributed by atoms with Crippen LogP contribution in [0.3, 0.4) is 0 Å². The highest BCUT2D eigenvalue weighted by Crippen LogP contribution is 2.44. The summed E-state index contributed by atoms with van der Waals surface area (Å²) in [6.45, 7) is 4.29. The molecule has 1 unspecified atom stereocenters. The van der Waals surface area contributed by atoms with Crippen LogP contribution in [0.4, 0.5) is 0 Å². The van der Waals surface area contributed by atoms with Crippen molar-refractivity contribution in [3.05, 3.63) is 119 Å². The minimum atomic E-state index is -0.994. The van der Waals surface area contributed by atoms with E-state index in [9.17, 15) is 9.59 Å². The minimum absolute atomic E-state index is 0.0799. The molecule has 0 saturated carbocycles. The Morgan fingerprint density at radius 2 is 1.23 bits per heavy atom. The summed E-state index contributed by atoms with van der Waals surface area (Å²) in [5, 5.41) is 0. The molecule has 30 heavy (non-hydrogen) atoms. The highest BCUT2D eigenvalue weighted by atomic mass is 16.5. The molecule has 3 heteroatoms. The van der Waals surface area contributed by atoms with E-state index in [0.29, 0.717) is 29.5 Å². The number of Topliss-reactive ketones (excluding diaryl/α,β-unsaturated/α-hetero) is 2. The average Bonchev–Trinajstić information content (AvgIpc) is 2.84. The third-order valence-electron chi connectivity index (χ3n) is 5.97. The number of ether oxygens (including phenoxy) is 1. The molecule has 0 saturated heterocycles. The Hall–Kier alpha value is -3.30. The van der Waals surface area contributed by atoms with Gasteiger partial charge in [-0.2, -0.15) is 0 Å². The van der Waals surface area contributed by atoms with Gasteiger partial charge in [-0.3, -0.25) is 9.59 Å². The van der Waals surface area contributed by atoms with Gasteiger partial charge in [-0.1, -0.05) is 91.5 Å². The van der Waals surface area contributed by atoms with Crippen molar-refractivity contribution in [2.75, 3.05) is 7.11 Å². The number of rotatable bonds is 5. The van der Waals surface area contributed by atoms with Crippen LogP contribution >= 0.6 is 0 Å². The normalized spacial score (nSPS) is 18.0. The van der Waals surface area contributed by atoms with Crippen molar-refractivity contribution in [1.29, 1.82) is 0 Å². The molecule has 1 aliphatic carbocycles. The molecular formula is C27H24O3. The lowest BCUT2D eigenvalue weighted by atomic mass is 9.66. The maximum atomic E-state index is 14.1. The average molecular weight is 396 g/mol. The largest absolute Gasteiger partial charge is 0.369 e. The molecule has 0 bridgehead atoms. The molecule has 0 fully saturated rings. The minimum Gasteiger partial charge on any atom is -0.369 e. The summed E-state index contributed by atoms with van der Waals surface area (Å²) >= 11 is 0. The number of benzene rings is 3. The van der Waals surface area contributed by atoms with Gasteiger partial charge in [-0.25, -0.2) is 0 Å². The molecule has 4 rings (SSSR count). The lowest BCUT2D eigenvalue weighted by Gasteiger charge is -2.36.